The summed E-state index contributed by atoms with van der Waals surface area (Å²) < 4.78 is 7.43. The van der Waals surface area contributed by atoms with E-state index in [9.17, 15) is 0 Å². The molecule has 0 radical (unpaired) electrons. The Labute approximate surface area is 205 Å². The van der Waals surface area contributed by atoms with Crippen molar-refractivity contribution in [2.75, 3.05) is 0 Å². The molecule has 0 spiro atoms. The van der Waals surface area contributed by atoms with Gasteiger partial charge >= 0.3 is 0 Å². The molecule has 1 aliphatic rings. The Morgan fingerprint density at radius 2 is 1.33 bits per heavy atom. The topological polar surface area (TPSA) is 9.23 Å². The summed E-state index contributed by atoms with van der Waals surface area (Å²) in [6.07, 6.45) is 14.0. The highest BCUT2D eigenvalue weighted by Gasteiger charge is 2.52. The Morgan fingerprint density at radius 3 is 1.85 bits per heavy atom. The highest BCUT2D eigenvalue weighted by Crippen LogP contribution is 2.47. The van der Waals surface area contributed by atoms with Crippen LogP contribution in [0, 0.1) is 11.8 Å². The molecule has 0 aliphatic heterocycles. The average molecular weight is 465 g/mol. The molecule has 0 amide bonds. The van der Waals surface area contributed by atoms with Crippen molar-refractivity contribution in [3.05, 3.63) is 60.7 Å². The number of hydrogen-bond donors (Lipinski definition) is 0. The number of benzene rings is 2. The summed E-state index contributed by atoms with van der Waals surface area (Å²) in [4.78, 5) is 0. The van der Waals surface area contributed by atoms with Crippen molar-refractivity contribution in [3.63, 3.8) is 0 Å². The van der Waals surface area contributed by atoms with Crippen LogP contribution in [-0.2, 0) is 4.43 Å². The third-order valence-corrected chi connectivity index (χ3v) is 12.9. The maximum absolute atomic E-state index is 7.43. The molecule has 2 aromatic rings. The van der Waals surface area contributed by atoms with Crippen LogP contribution in [0.5, 0.6) is 0 Å². The SMILES string of the molecule is CCCCCCCCC1CC1CC(CC)O[Si](c1ccccc1)(c1ccccc1)C(C)(C)C. The second-order valence-corrected chi connectivity index (χ2v) is 15.6. The Kier molecular flexibility index (Phi) is 9.82. The van der Waals surface area contributed by atoms with Gasteiger partial charge in [-0.25, -0.2) is 0 Å². The highest BCUT2D eigenvalue weighted by molar-refractivity contribution is 6.99. The van der Waals surface area contributed by atoms with Crippen LogP contribution in [0.25, 0.3) is 0 Å². The van der Waals surface area contributed by atoms with E-state index >= 15 is 0 Å². The third kappa shape index (κ3) is 6.82. The predicted octanol–water partition coefficient (Wildman–Crippen LogP) is 8.12. The molecule has 2 aromatic carbocycles. The number of unbranched alkanes of at least 4 members (excludes halogenated alkanes) is 5. The lowest BCUT2D eigenvalue weighted by atomic mass is 10.0. The summed E-state index contributed by atoms with van der Waals surface area (Å²) >= 11 is 0. The van der Waals surface area contributed by atoms with Crippen LogP contribution < -0.4 is 10.4 Å². The van der Waals surface area contributed by atoms with Crippen molar-refractivity contribution in [3.8, 4) is 0 Å². The molecule has 1 aliphatic carbocycles. The summed E-state index contributed by atoms with van der Waals surface area (Å²) in [6, 6.07) is 22.3. The molecule has 3 rings (SSSR count). The van der Waals surface area contributed by atoms with Gasteiger partial charge in [0.15, 0.2) is 0 Å². The number of hydrogen-bond acceptors (Lipinski definition) is 1. The lowest BCUT2D eigenvalue weighted by molar-refractivity contribution is 0.164. The summed E-state index contributed by atoms with van der Waals surface area (Å²) in [7, 11) is -2.44. The second-order valence-electron chi connectivity index (χ2n) is 11.4. The maximum atomic E-state index is 7.43. The molecule has 1 saturated carbocycles. The van der Waals surface area contributed by atoms with E-state index in [0.717, 1.165) is 18.3 Å². The highest BCUT2D eigenvalue weighted by atomic mass is 28.4. The van der Waals surface area contributed by atoms with Gasteiger partial charge in [0.1, 0.15) is 0 Å². The minimum atomic E-state index is -2.44. The van der Waals surface area contributed by atoms with Gasteiger partial charge in [-0.05, 0) is 46.5 Å². The Hall–Kier alpha value is -1.38. The zero-order valence-corrected chi connectivity index (χ0v) is 23.0. The van der Waals surface area contributed by atoms with Crippen molar-refractivity contribution < 1.29 is 4.43 Å². The molecule has 0 saturated heterocycles. The lowest BCUT2D eigenvalue weighted by Crippen LogP contribution is -2.67. The largest absolute Gasteiger partial charge is 0.404 e. The summed E-state index contributed by atoms with van der Waals surface area (Å²) in [6.45, 7) is 11.8. The van der Waals surface area contributed by atoms with E-state index in [1.807, 2.05) is 0 Å². The van der Waals surface area contributed by atoms with Crippen LogP contribution >= 0.6 is 0 Å². The first-order valence-corrected chi connectivity index (χ1v) is 15.6. The minimum Gasteiger partial charge on any atom is -0.404 e. The minimum absolute atomic E-state index is 0.0601. The fourth-order valence-electron chi connectivity index (χ4n) is 5.72. The van der Waals surface area contributed by atoms with Gasteiger partial charge in [-0.2, -0.15) is 0 Å². The van der Waals surface area contributed by atoms with Crippen LogP contribution in [-0.4, -0.2) is 14.4 Å². The van der Waals surface area contributed by atoms with E-state index in [4.69, 9.17) is 4.43 Å². The maximum Gasteiger partial charge on any atom is 0.261 e. The van der Waals surface area contributed by atoms with Gasteiger partial charge in [0.05, 0.1) is 0 Å². The first-order valence-electron chi connectivity index (χ1n) is 13.7. The quantitative estimate of drug-likeness (QED) is 0.203. The molecule has 0 N–H and O–H groups in total. The monoisotopic (exact) mass is 464 g/mol. The predicted molar refractivity (Wildman–Crippen MR) is 147 cm³/mol. The van der Waals surface area contributed by atoms with Gasteiger partial charge in [-0.3, -0.25) is 0 Å². The molecule has 33 heavy (non-hydrogen) atoms. The molecule has 3 unspecified atom stereocenters. The van der Waals surface area contributed by atoms with E-state index in [0.29, 0.717) is 6.10 Å². The summed E-state index contributed by atoms with van der Waals surface area (Å²) in [5.41, 5.74) is 0. The van der Waals surface area contributed by atoms with Gasteiger partial charge in [-0.1, -0.05) is 140 Å². The third-order valence-electron chi connectivity index (χ3n) is 7.78. The van der Waals surface area contributed by atoms with Crippen LogP contribution in [0.2, 0.25) is 5.04 Å². The van der Waals surface area contributed by atoms with Crippen molar-refractivity contribution in [1.82, 2.24) is 0 Å². The first kappa shape index (κ1) is 26.2. The molecule has 2 heteroatoms. The normalized spacial score (nSPS) is 19.4. The van der Waals surface area contributed by atoms with Gasteiger partial charge in [0.25, 0.3) is 8.32 Å². The standard InChI is InChI=1S/C31H48OSi/c1-6-8-9-10-11-14-19-26-24-27(26)25-28(7-2)32-33(31(3,4)5,29-20-15-12-16-21-29)30-22-17-13-18-23-30/h12-13,15-18,20-23,26-28H,6-11,14,19,24-25H2,1-5H3. The molecule has 1 fully saturated rings. The van der Waals surface area contributed by atoms with Crippen molar-refractivity contribution in [1.29, 1.82) is 0 Å². The van der Waals surface area contributed by atoms with E-state index in [1.54, 1.807) is 0 Å². The zero-order chi connectivity index (χ0) is 23.7. The van der Waals surface area contributed by atoms with Crippen LogP contribution in [0.1, 0.15) is 98.8 Å². The molecule has 0 heterocycles. The molecular formula is C31H48OSi. The van der Waals surface area contributed by atoms with E-state index in [1.165, 1.54) is 68.2 Å². The van der Waals surface area contributed by atoms with Gasteiger partial charge in [-0.15, -0.1) is 0 Å². The van der Waals surface area contributed by atoms with E-state index < -0.39 is 8.32 Å². The zero-order valence-electron chi connectivity index (χ0n) is 22.0. The van der Waals surface area contributed by atoms with E-state index in [2.05, 4.69) is 95.3 Å². The van der Waals surface area contributed by atoms with Crippen LogP contribution in [0.15, 0.2) is 60.7 Å². The molecule has 0 aromatic heterocycles. The Morgan fingerprint density at radius 1 is 0.788 bits per heavy atom. The molecule has 182 valence electrons. The van der Waals surface area contributed by atoms with Crippen molar-refractivity contribution in [2.24, 2.45) is 11.8 Å². The number of rotatable bonds is 14. The molecule has 1 nitrogen and oxygen atoms in total. The van der Waals surface area contributed by atoms with Crippen LogP contribution in [0.4, 0.5) is 0 Å². The fraction of sp³-hybridized carbons (Fsp3) is 0.613. The smallest absolute Gasteiger partial charge is 0.261 e. The fourth-order valence-corrected chi connectivity index (χ4v) is 10.5. The molecule has 0 bridgehead atoms. The van der Waals surface area contributed by atoms with E-state index in [-0.39, 0.29) is 5.04 Å². The van der Waals surface area contributed by atoms with Crippen molar-refractivity contribution in [2.45, 2.75) is 110 Å². The van der Waals surface area contributed by atoms with Gasteiger partial charge in [0.2, 0.25) is 0 Å². The lowest BCUT2D eigenvalue weighted by Gasteiger charge is -2.45. The second kappa shape index (κ2) is 12.4. The van der Waals surface area contributed by atoms with Crippen LogP contribution in [0.3, 0.4) is 0 Å². The Balaban J connectivity index is 1.71. The summed E-state index contributed by atoms with van der Waals surface area (Å²) in [5, 5.41) is 2.87. The van der Waals surface area contributed by atoms with Gasteiger partial charge < -0.3 is 4.43 Å². The van der Waals surface area contributed by atoms with Crippen molar-refractivity contribution >= 4 is 18.7 Å². The average Bonchev–Trinajstić information content (AvgIpc) is 3.56. The first-order chi connectivity index (χ1) is 15.9. The Bertz CT molecular complexity index is 755. The summed E-state index contributed by atoms with van der Waals surface area (Å²) in [5.74, 6) is 1.83. The van der Waals surface area contributed by atoms with Gasteiger partial charge in [0, 0.05) is 6.10 Å². The molecular weight excluding hydrogens is 416 g/mol. The molecule has 3 atom stereocenters.